The summed E-state index contributed by atoms with van der Waals surface area (Å²) in [5, 5.41) is 0. The summed E-state index contributed by atoms with van der Waals surface area (Å²) in [6.07, 6.45) is 0. The van der Waals surface area contributed by atoms with Crippen LogP contribution in [0, 0.1) is 12.7 Å². The maximum atomic E-state index is 14.0. The van der Waals surface area contributed by atoms with Gasteiger partial charge in [-0.3, -0.25) is 0 Å². The molecule has 4 N–H and O–H groups in total. The molecule has 0 saturated carbocycles. The first-order chi connectivity index (χ1) is 8.52. The summed E-state index contributed by atoms with van der Waals surface area (Å²) in [5.74, 6) is 0.197. The molecule has 0 amide bonds. The van der Waals surface area contributed by atoms with E-state index in [0.717, 1.165) is 5.56 Å². The third-order valence-electron chi connectivity index (χ3n) is 2.63. The van der Waals surface area contributed by atoms with Crippen molar-refractivity contribution in [1.29, 1.82) is 0 Å². The molecule has 0 atom stereocenters. The Bertz CT molecular complexity index is 599. The number of benzene rings is 1. The lowest BCUT2D eigenvalue weighted by atomic mass is 10.1. The predicted molar refractivity (Wildman–Crippen MR) is 69.7 cm³/mol. The maximum Gasteiger partial charge on any atom is 0.147 e. The Balaban J connectivity index is 2.66. The van der Waals surface area contributed by atoms with Crippen LogP contribution in [0.25, 0.3) is 11.3 Å². The normalized spacial score (nSPS) is 10.4. The van der Waals surface area contributed by atoms with Gasteiger partial charge in [0.15, 0.2) is 0 Å². The summed E-state index contributed by atoms with van der Waals surface area (Å²) >= 11 is 0. The summed E-state index contributed by atoms with van der Waals surface area (Å²) < 4.78 is 19.2. The molecule has 94 valence electrons. The number of hydrogen-bond donors (Lipinski definition) is 2. The molecule has 1 aromatic carbocycles. The van der Waals surface area contributed by atoms with E-state index in [0.29, 0.717) is 17.1 Å². The van der Waals surface area contributed by atoms with Crippen molar-refractivity contribution in [3.05, 3.63) is 35.6 Å². The molecule has 0 fully saturated rings. The largest absolute Gasteiger partial charge is 0.496 e. The molecule has 0 aliphatic rings. The zero-order valence-corrected chi connectivity index (χ0v) is 10.2. The highest BCUT2D eigenvalue weighted by Crippen LogP contribution is 2.33. The highest BCUT2D eigenvalue weighted by atomic mass is 19.1. The minimum atomic E-state index is -0.400. The van der Waals surface area contributed by atoms with Gasteiger partial charge in [0.25, 0.3) is 0 Å². The lowest BCUT2D eigenvalue weighted by Crippen LogP contribution is -2.01. The van der Waals surface area contributed by atoms with Crippen molar-refractivity contribution in [3.63, 3.8) is 0 Å². The molecule has 0 unspecified atom stereocenters. The molecule has 0 saturated heterocycles. The number of aryl methyl sites for hydroxylation is 1. The summed E-state index contributed by atoms with van der Waals surface area (Å²) in [6.45, 7) is 1.79. The van der Waals surface area contributed by atoms with E-state index >= 15 is 0 Å². The molecule has 2 aromatic rings. The number of anilines is 2. The molecule has 0 aliphatic carbocycles. The van der Waals surface area contributed by atoms with E-state index < -0.39 is 5.82 Å². The molecule has 2 rings (SSSR count). The van der Waals surface area contributed by atoms with Crippen LogP contribution < -0.4 is 16.2 Å². The Morgan fingerprint density at radius 2 is 1.94 bits per heavy atom. The molecule has 18 heavy (non-hydrogen) atoms. The molecule has 0 spiro atoms. The number of ether oxygens (including phenoxy) is 1. The van der Waals surface area contributed by atoms with Crippen LogP contribution in [0.2, 0.25) is 0 Å². The van der Waals surface area contributed by atoms with Crippen molar-refractivity contribution in [1.82, 2.24) is 4.98 Å². The van der Waals surface area contributed by atoms with Gasteiger partial charge in [0.1, 0.15) is 17.4 Å². The lowest BCUT2D eigenvalue weighted by molar-refractivity contribution is 0.413. The van der Waals surface area contributed by atoms with Crippen molar-refractivity contribution >= 4 is 11.5 Å². The van der Waals surface area contributed by atoms with Gasteiger partial charge in [-0.15, -0.1) is 0 Å². The summed E-state index contributed by atoms with van der Waals surface area (Å²) in [6, 6.07) is 6.37. The van der Waals surface area contributed by atoms with Gasteiger partial charge in [0.05, 0.1) is 24.1 Å². The van der Waals surface area contributed by atoms with Crippen molar-refractivity contribution in [2.45, 2.75) is 6.92 Å². The van der Waals surface area contributed by atoms with Crippen LogP contribution in [0.5, 0.6) is 5.75 Å². The first-order valence-electron chi connectivity index (χ1n) is 5.39. The van der Waals surface area contributed by atoms with Gasteiger partial charge < -0.3 is 16.2 Å². The first-order valence-corrected chi connectivity index (χ1v) is 5.39. The molecule has 1 aromatic heterocycles. The van der Waals surface area contributed by atoms with E-state index in [1.807, 2.05) is 0 Å². The van der Waals surface area contributed by atoms with Gasteiger partial charge in [0, 0.05) is 0 Å². The average Bonchev–Trinajstić information content (AvgIpc) is 2.32. The molecule has 4 nitrogen and oxygen atoms in total. The second-order valence-corrected chi connectivity index (χ2v) is 3.99. The van der Waals surface area contributed by atoms with E-state index in [-0.39, 0.29) is 11.4 Å². The summed E-state index contributed by atoms with van der Waals surface area (Å²) in [5.41, 5.74) is 13.0. The van der Waals surface area contributed by atoms with Crippen molar-refractivity contribution in [2.24, 2.45) is 0 Å². The molecular formula is C13H14FN3O. The summed E-state index contributed by atoms with van der Waals surface area (Å²) in [7, 11) is 1.48. The van der Waals surface area contributed by atoms with Crippen molar-refractivity contribution < 1.29 is 9.13 Å². The fourth-order valence-corrected chi connectivity index (χ4v) is 1.74. The number of hydrogen-bond acceptors (Lipinski definition) is 4. The number of nitrogens with zero attached hydrogens (tertiary/aromatic N) is 1. The third-order valence-corrected chi connectivity index (χ3v) is 2.63. The molecule has 0 bridgehead atoms. The van der Waals surface area contributed by atoms with Gasteiger partial charge in [0.2, 0.25) is 0 Å². The van der Waals surface area contributed by atoms with E-state index in [1.54, 1.807) is 25.1 Å². The van der Waals surface area contributed by atoms with Gasteiger partial charge >= 0.3 is 0 Å². The maximum absolute atomic E-state index is 14.0. The minimum absolute atomic E-state index is 0.175. The smallest absolute Gasteiger partial charge is 0.147 e. The quantitative estimate of drug-likeness (QED) is 0.854. The number of pyridine rings is 1. The first kappa shape index (κ1) is 12.2. The van der Waals surface area contributed by atoms with Crippen molar-refractivity contribution in [2.75, 3.05) is 18.6 Å². The molecular weight excluding hydrogens is 233 g/mol. The topological polar surface area (TPSA) is 74.2 Å². The highest BCUT2D eigenvalue weighted by molar-refractivity contribution is 5.72. The number of nitrogens with two attached hydrogens (primary N) is 2. The van der Waals surface area contributed by atoms with Crippen LogP contribution in [0.1, 0.15) is 5.56 Å². The van der Waals surface area contributed by atoms with Crippen LogP contribution in [0.3, 0.4) is 0 Å². The van der Waals surface area contributed by atoms with Crippen LogP contribution >= 0.6 is 0 Å². The molecule has 0 radical (unpaired) electrons. The third kappa shape index (κ3) is 2.07. The zero-order valence-electron chi connectivity index (χ0n) is 10.2. The Kier molecular flexibility index (Phi) is 3.06. The van der Waals surface area contributed by atoms with Crippen LogP contribution in [-0.2, 0) is 0 Å². The van der Waals surface area contributed by atoms with E-state index in [4.69, 9.17) is 16.2 Å². The van der Waals surface area contributed by atoms with E-state index in [9.17, 15) is 4.39 Å². The number of methoxy groups -OCH3 is 1. The van der Waals surface area contributed by atoms with Gasteiger partial charge in [-0.1, -0.05) is 0 Å². The fraction of sp³-hybridized carbons (Fsp3) is 0.154. The average molecular weight is 247 g/mol. The van der Waals surface area contributed by atoms with Gasteiger partial charge in [-0.2, -0.15) is 0 Å². The minimum Gasteiger partial charge on any atom is -0.496 e. The molecule has 1 heterocycles. The van der Waals surface area contributed by atoms with Gasteiger partial charge in [-0.25, -0.2) is 9.37 Å². The zero-order chi connectivity index (χ0) is 13.3. The monoisotopic (exact) mass is 247 g/mol. The Morgan fingerprint density at radius 1 is 1.22 bits per heavy atom. The number of aromatic nitrogens is 1. The van der Waals surface area contributed by atoms with E-state index in [2.05, 4.69) is 4.98 Å². The Hall–Kier alpha value is -2.30. The van der Waals surface area contributed by atoms with Crippen LogP contribution in [-0.4, -0.2) is 12.1 Å². The number of halogens is 1. The predicted octanol–water partition coefficient (Wildman–Crippen LogP) is 2.37. The fourth-order valence-electron chi connectivity index (χ4n) is 1.74. The van der Waals surface area contributed by atoms with Crippen LogP contribution in [0.4, 0.5) is 15.9 Å². The second-order valence-electron chi connectivity index (χ2n) is 3.99. The standard InChI is InChI=1S/C13H14FN3O/c1-7-5-8(14)12(11(6-7)18-2)10-4-3-9(15)13(16)17-10/h3-6H,15H2,1-2H3,(H2,16,17). The van der Waals surface area contributed by atoms with Crippen molar-refractivity contribution in [3.8, 4) is 17.0 Å². The van der Waals surface area contributed by atoms with Gasteiger partial charge in [-0.05, 0) is 36.8 Å². The SMILES string of the molecule is COc1cc(C)cc(F)c1-c1ccc(N)c(N)n1. The lowest BCUT2D eigenvalue weighted by Gasteiger charge is -2.11. The Labute approximate surface area is 104 Å². The molecule has 0 aliphatic heterocycles. The Morgan fingerprint density at radius 3 is 2.56 bits per heavy atom. The molecule has 5 heteroatoms. The highest BCUT2D eigenvalue weighted by Gasteiger charge is 2.15. The van der Waals surface area contributed by atoms with E-state index in [1.165, 1.54) is 13.2 Å². The number of nitrogen functional groups attached to an aromatic ring is 2. The summed E-state index contributed by atoms with van der Waals surface area (Å²) in [4.78, 5) is 4.07. The second kappa shape index (κ2) is 4.52. The number of rotatable bonds is 2. The van der Waals surface area contributed by atoms with Crippen LogP contribution in [0.15, 0.2) is 24.3 Å².